The predicted molar refractivity (Wildman–Crippen MR) is 155 cm³/mol. The molecule has 6 rings (SSSR count). The van der Waals surface area contributed by atoms with Gasteiger partial charge in [0.2, 0.25) is 0 Å². The third-order valence-corrected chi connectivity index (χ3v) is 7.33. The van der Waals surface area contributed by atoms with Crippen molar-refractivity contribution in [3.63, 3.8) is 0 Å². The highest BCUT2D eigenvalue weighted by Gasteiger charge is 2.40. The molecule has 0 saturated heterocycles. The average molecular weight is 577 g/mol. The Bertz CT molecular complexity index is 1650. The molecule has 0 aliphatic carbocycles. The van der Waals surface area contributed by atoms with Crippen molar-refractivity contribution in [3.05, 3.63) is 118 Å². The quantitative estimate of drug-likeness (QED) is 0.221. The molecule has 0 bridgehead atoms. The van der Waals surface area contributed by atoms with Crippen molar-refractivity contribution in [1.29, 1.82) is 0 Å². The number of aliphatic imine (C=N–C) groups is 1. The molecule has 4 aromatic rings. The van der Waals surface area contributed by atoms with Gasteiger partial charge in [-0.25, -0.2) is 9.67 Å². The summed E-state index contributed by atoms with van der Waals surface area (Å²) in [5, 5.41) is 5.76. The van der Waals surface area contributed by atoms with Crippen LogP contribution in [-0.2, 0) is 6.42 Å². The molecule has 0 saturated carbocycles. The van der Waals surface area contributed by atoms with Gasteiger partial charge in [-0.05, 0) is 36.3 Å². The molecule has 202 valence electrons. The number of allylic oxidation sites excluding steroid dienone is 2. The number of aryl methyl sites for hydroxylation is 1. The molecule has 40 heavy (non-hydrogen) atoms. The smallest absolute Gasteiger partial charge is 0.387 e. The molecule has 0 fully saturated rings. The predicted octanol–water partition coefficient (Wildman–Crippen LogP) is 8.74. The molecular formula is C31H24Cl2F2N4O. The van der Waals surface area contributed by atoms with Crippen molar-refractivity contribution in [3.8, 4) is 22.7 Å². The number of alkyl halides is 2. The molecule has 0 radical (unpaired) electrons. The Kier molecular flexibility index (Phi) is 7.17. The van der Waals surface area contributed by atoms with E-state index < -0.39 is 12.7 Å². The highest BCUT2D eigenvalue weighted by Crippen LogP contribution is 2.49. The third kappa shape index (κ3) is 4.80. The summed E-state index contributed by atoms with van der Waals surface area (Å²) in [5.41, 5.74) is 4.77. The van der Waals surface area contributed by atoms with Gasteiger partial charge in [-0.1, -0.05) is 97.2 Å². The van der Waals surface area contributed by atoms with E-state index in [1.807, 2.05) is 42.5 Å². The van der Waals surface area contributed by atoms with Gasteiger partial charge in [0.05, 0.1) is 27.4 Å². The van der Waals surface area contributed by atoms with E-state index in [9.17, 15) is 8.78 Å². The average Bonchev–Trinajstić information content (AvgIpc) is 3.33. The molecule has 0 N–H and O–H groups in total. The van der Waals surface area contributed by atoms with Crippen molar-refractivity contribution in [1.82, 2.24) is 14.7 Å². The number of benzene rings is 3. The SMILES string of the molecule is CCCc1ccc(-c2nn(-c3ccccc3)c3c2[C@@H](c2ccccc2OC(F)F)N2C=C(Cl)C=C(Cl)C2=N3)cc1. The van der Waals surface area contributed by atoms with E-state index in [1.54, 1.807) is 40.1 Å². The van der Waals surface area contributed by atoms with Gasteiger partial charge in [-0.3, -0.25) is 0 Å². The number of halogens is 4. The molecule has 0 amide bonds. The highest BCUT2D eigenvalue weighted by molar-refractivity contribution is 6.45. The van der Waals surface area contributed by atoms with Crippen LogP contribution in [0.1, 0.15) is 36.1 Å². The second-order valence-corrected chi connectivity index (χ2v) is 10.3. The van der Waals surface area contributed by atoms with Gasteiger partial charge in [0.25, 0.3) is 0 Å². The number of amidine groups is 1. The first-order chi connectivity index (χ1) is 19.4. The minimum Gasteiger partial charge on any atom is -0.434 e. The normalized spacial score (nSPS) is 16.2. The van der Waals surface area contributed by atoms with Gasteiger partial charge in [0.15, 0.2) is 11.7 Å². The van der Waals surface area contributed by atoms with Crippen LogP contribution in [0, 0.1) is 0 Å². The minimum absolute atomic E-state index is 0.0432. The molecule has 2 aliphatic rings. The van der Waals surface area contributed by atoms with Crippen LogP contribution in [0.25, 0.3) is 16.9 Å². The van der Waals surface area contributed by atoms with Gasteiger partial charge < -0.3 is 9.64 Å². The summed E-state index contributed by atoms with van der Waals surface area (Å²) in [4.78, 5) is 6.77. The third-order valence-electron chi connectivity index (χ3n) is 6.84. The van der Waals surface area contributed by atoms with Gasteiger partial charge in [0, 0.05) is 17.3 Å². The topological polar surface area (TPSA) is 42.6 Å². The number of fused-ring (bicyclic) bond motifs is 2. The monoisotopic (exact) mass is 576 g/mol. The van der Waals surface area contributed by atoms with E-state index in [-0.39, 0.29) is 5.75 Å². The summed E-state index contributed by atoms with van der Waals surface area (Å²) in [6, 6.07) is 23.9. The van der Waals surface area contributed by atoms with Gasteiger partial charge in [0.1, 0.15) is 11.4 Å². The number of aromatic nitrogens is 2. The first kappa shape index (κ1) is 26.3. The zero-order valence-electron chi connectivity index (χ0n) is 21.4. The lowest BCUT2D eigenvalue weighted by atomic mass is 9.91. The van der Waals surface area contributed by atoms with Crippen LogP contribution in [0.3, 0.4) is 0 Å². The molecular weight excluding hydrogens is 553 g/mol. The number of hydrogen-bond acceptors (Lipinski definition) is 4. The largest absolute Gasteiger partial charge is 0.434 e. The molecule has 0 unspecified atom stereocenters. The summed E-state index contributed by atoms with van der Waals surface area (Å²) in [5.74, 6) is 1.01. The van der Waals surface area contributed by atoms with Gasteiger partial charge in [-0.2, -0.15) is 13.9 Å². The Labute approximate surface area is 240 Å². The Hall–Kier alpha value is -3.94. The van der Waals surface area contributed by atoms with E-state index in [1.165, 1.54) is 11.6 Å². The van der Waals surface area contributed by atoms with E-state index in [0.29, 0.717) is 38.5 Å². The van der Waals surface area contributed by atoms with Crippen LogP contribution in [0.5, 0.6) is 5.75 Å². The zero-order chi connectivity index (χ0) is 27.8. The maximum absolute atomic E-state index is 13.6. The maximum atomic E-state index is 13.6. The van der Waals surface area contributed by atoms with Crippen LogP contribution >= 0.6 is 23.2 Å². The molecule has 5 nitrogen and oxygen atoms in total. The van der Waals surface area contributed by atoms with Crippen LogP contribution in [0.4, 0.5) is 14.6 Å². The fourth-order valence-corrected chi connectivity index (χ4v) is 5.69. The molecule has 0 spiro atoms. The second kappa shape index (κ2) is 10.9. The minimum atomic E-state index is -3.00. The van der Waals surface area contributed by atoms with Crippen LogP contribution in [-0.4, -0.2) is 27.1 Å². The fourth-order valence-electron chi connectivity index (χ4n) is 5.16. The highest BCUT2D eigenvalue weighted by atomic mass is 35.5. The molecule has 1 aromatic heterocycles. The maximum Gasteiger partial charge on any atom is 0.387 e. The van der Waals surface area contributed by atoms with E-state index in [2.05, 4.69) is 19.1 Å². The van der Waals surface area contributed by atoms with Gasteiger partial charge >= 0.3 is 6.61 Å². The van der Waals surface area contributed by atoms with Crippen LogP contribution in [0.2, 0.25) is 0 Å². The van der Waals surface area contributed by atoms with Crippen molar-refractivity contribution in [2.24, 2.45) is 4.99 Å². The number of rotatable bonds is 7. The zero-order valence-corrected chi connectivity index (χ0v) is 22.9. The Balaban J connectivity index is 1.66. The fraction of sp³-hybridized carbons (Fsp3) is 0.161. The Morgan fingerprint density at radius 2 is 1.68 bits per heavy atom. The number of hydrogen-bond donors (Lipinski definition) is 0. The summed E-state index contributed by atoms with van der Waals surface area (Å²) in [6.07, 6.45) is 5.31. The van der Waals surface area contributed by atoms with Crippen molar-refractivity contribution < 1.29 is 13.5 Å². The van der Waals surface area contributed by atoms with Crippen LogP contribution in [0.15, 0.2) is 106 Å². The summed E-state index contributed by atoms with van der Waals surface area (Å²) in [7, 11) is 0. The Morgan fingerprint density at radius 1 is 0.950 bits per heavy atom. The van der Waals surface area contributed by atoms with Crippen molar-refractivity contribution in [2.75, 3.05) is 0 Å². The summed E-state index contributed by atoms with van der Waals surface area (Å²) < 4.78 is 33.9. The molecule has 2 aliphatic heterocycles. The first-order valence-electron chi connectivity index (χ1n) is 12.9. The molecule has 3 heterocycles. The van der Waals surface area contributed by atoms with E-state index in [4.69, 9.17) is 38.0 Å². The molecule has 1 atom stereocenters. The molecule has 3 aromatic carbocycles. The van der Waals surface area contributed by atoms with E-state index >= 15 is 0 Å². The number of nitrogens with zero attached hydrogens (tertiary/aromatic N) is 4. The lowest BCUT2D eigenvalue weighted by Crippen LogP contribution is -2.36. The number of ether oxygens (including phenoxy) is 1. The Morgan fingerprint density at radius 3 is 2.40 bits per heavy atom. The van der Waals surface area contributed by atoms with Crippen molar-refractivity contribution in [2.45, 2.75) is 32.4 Å². The molecule has 9 heteroatoms. The van der Waals surface area contributed by atoms with E-state index in [0.717, 1.165) is 24.1 Å². The lowest BCUT2D eigenvalue weighted by Gasteiger charge is -2.37. The summed E-state index contributed by atoms with van der Waals surface area (Å²) >= 11 is 13.2. The standard InChI is InChI=1S/C31H24Cl2F2N4O/c1-2-8-19-13-15-20(16-14-19)27-26-28(23-11-6-7-12-25(23)40-31(34)35)38-18-21(32)17-24(33)29(38)36-30(26)39(37-27)22-9-4-3-5-10-22/h3-7,9-18,28,31H,2,8H2,1H3/t28-/m1/s1. The van der Waals surface area contributed by atoms with Gasteiger partial charge in [-0.15, -0.1) is 0 Å². The van der Waals surface area contributed by atoms with Crippen LogP contribution < -0.4 is 4.74 Å². The van der Waals surface area contributed by atoms with Crippen molar-refractivity contribution >= 4 is 34.9 Å². The number of para-hydroxylation sites is 2. The summed E-state index contributed by atoms with van der Waals surface area (Å²) in [6.45, 7) is -0.860. The lowest BCUT2D eigenvalue weighted by molar-refractivity contribution is -0.0507. The second-order valence-electron chi connectivity index (χ2n) is 9.45. The first-order valence-corrected chi connectivity index (χ1v) is 13.6.